The number of rotatable bonds is 1. The van der Waals surface area contributed by atoms with Gasteiger partial charge in [0, 0.05) is 0 Å². The SMILES string of the molecule is COn1cc(C(F)(F)F)cc1S. The lowest BCUT2D eigenvalue weighted by molar-refractivity contribution is -0.137. The maximum absolute atomic E-state index is 12.0. The molecule has 1 aromatic heterocycles. The smallest absolute Gasteiger partial charge is 0.417 e. The predicted molar refractivity (Wildman–Crippen MR) is 39.2 cm³/mol. The van der Waals surface area contributed by atoms with E-state index in [9.17, 15) is 13.2 Å². The zero-order valence-corrected chi connectivity index (χ0v) is 6.99. The van der Waals surface area contributed by atoms with E-state index in [1.807, 2.05) is 0 Å². The highest BCUT2D eigenvalue weighted by Gasteiger charge is 2.32. The van der Waals surface area contributed by atoms with Gasteiger partial charge in [0.1, 0.15) is 12.1 Å². The van der Waals surface area contributed by atoms with Crippen molar-refractivity contribution < 1.29 is 18.0 Å². The van der Waals surface area contributed by atoms with Gasteiger partial charge in [-0.1, -0.05) is 0 Å². The van der Waals surface area contributed by atoms with Gasteiger partial charge in [0.15, 0.2) is 0 Å². The highest BCUT2D eigenvalue weighted by atomic mass is 32.1. The summed E-state index contributed by atoms with van der Waals surface area (Å²) < 4.78 is 37.0. The van der Waals surface area contributed by atoms with Crippen LogP contribution in [0, 0.1) is 0 Å². The fourth-order valence-corrected chi connectivity index (χ4v) is 1.01. The molecule has 2 nitrogen and oxygen atoms in total. The third-order valence-electron chi connectivity index (χ3n) is 1.29. The second-order valence-electron chi connectivity index (χ2n) is 2.09. The van der Waals surface area contributed by atoms with Crippen LogP contribution < -0.4 is 4.84 Å². The molecule has 1 rings (SSSR count). The normalized spacial score (nSPS) is 11.8. The summed E-state index contributed by atoms with van der Waals surface area (Å²) in [5.74, 6) is 0. The summed E-state index contributed by atoms with van der Waals surface area (Å²) in [4.78, 5) is 4.56. The molecule has 0 bridgehead atoms. The van der Waals surface area contributed by atoms with Crippen molar-refractivity contribution >= 4 is 12.6 Å². The standard InChI is InChI=1S/C6H6F3NOS/c1-11-10-3-4(2-5(10)12)6(7,8)9/h2-3,12H,1H3. The molecule has 0 aliphatic carbocycles. The summed E-state index contributed by atoms with van der Waals surface area (Å²) in [7, 11) is 1.26. The molecule has 0 atom stereocenters. The first-order chi connectivity index (χ1) is 5.45. The number of thiol groups is 1. The highest BCUT2D eigenvalue weighted by molar-refractivity contribution is 7.80. The maximum Gasteiger partial charge on any atom is 0.418 e. The first kappa shape index (κ1) is 9.31. The molecular formula is C6H6F3NOS. The van der Waals surface area contributed by atoms with E-state index in [1.54, 1.807) is 0 Å². The van der Waals surface area contributed by atoms with Gasteiger partial charge in [-0.05, 0) is 6.07 Å². The van der Waals surface area contributed by atoms with E-state index in [2.05, 4.69) is 17.5 Å². The summed E-state index contributed by atoms with van der Waals surface area (Å²) >= 11 is 3.77. The van der Waals surface area contributed by atoms with E-state index >= 15 is 0 Å². The third kappa shape index (κ3) is 1.69. The van der Waals surface area contributed by atoms with Crippen molar-refractivity contribution in [2.45, 2.75) is 11.2 Å². The van der Waals surface area contributed by atoms with Gasteiger partial charge < -0.3 is 4.84 Å². The van der Waals surface area contributed by atoms with Crippen molar-refractivity contribution in [1.29, 1.82) is 0 Å². The van der Waals surface area contributed by atoms with Crippen LogP contribution in [0.15, 0.2) is 17.3 Å². The lowest BCUT2D eigenvalue weighted by atomic mass is 10.3. The summed E-state index contributed by atoms with van der Waals surface area (Å²) in [6.07, 6.45) is -3.51. The first-order valence-electron chi connectivity index (χ1n) is 2.98. The Morgan fingerprint density at radius 3 is 2.33 bits per heavy atom. The molecule has 0 unspecified atom stereocenters. The number of hydrogen-bond acceptors (Lipinski definition) is 2. The zero-order chi connectivity index (χ0) is 9.35. The number of nitrogens with zero attached hydrogens (tertiary/aromatic N) is 1. The maximum atomic E-state index is 12.0. The molecule has 12 heavy (non-hydrogen) atoms. The Hall–Kier alpha value is -0.780. The fourth-order valence-electron chi connectivity index (χ4n) is 0.734. The van der Waals surface area contributed by atoms with Crippen molar-refractivity contribution in [2.75, 3.05) is 7.11 Å². The molecule has 0 aromatic carbocycles. The van der Waals surface area contributed by atoms with Crippen LogP contribution >= 0.6 is 12.6 Å². The van der Waals surface area contributed by atoms with Crippen LogP contribution in [0.3, 0.4) is 0 Å². The molecule has 1 aromatic rings. The average Bonchev–Trinajstić information content (AvgIpc) is 2.29. The van der Waals surface area contributed by atoms with Crippen LogP contribution in [0.2, 0.25) is 0 Å². The van der Waals surface area contributed by atoms with Crippen LogP contribution in [0.4, 0.5) is 13.2 Å². The van der Waals surface area contributed by atoms with Gasteiger partial charge >= 0.3 is 6.18 Å². The Kier molecular flexibility index (Phi) is 2.27. The Labute approximate surface area is 72.3 Å². The van der Waals surface area contributed by atoms with Crippen LogP contribution in [0.1, 0.15) is 5.56 Å². The number of hydrogen-bond donors (Lipinski definition) is 1. The molecule has 0 saturated carbocycles. The number of alkyl halides is 3. The molecule has 68 valence electrons. The van der Waals surface area contributed by atoms with Crippen LogP contribution in [0.5, 0.6) is 0 Å². The minimum Gasteiger partial charge on any atom is -0.417 e. The largest absolute Gasteiger partial charge is 0.418 e. The fraction of sp³-hybridized carbons (Fsp3) is 0.333. The van der Waals surface area contributed by atoms with Crippen molar-refractivity contribution in [3.8, 4) is 0 Å². The van der Waals surface area contributed by atoms with Crippen LogP contribution in [0.25, 0.3) is 0 Å². The monoisotopic (exact) mass is 197 g/mol. The van der Waals surface area contributed by atoms with E-state index in [1.165, 1.54) is 7.11 Å². The average molecular weight is 197 g/mol. The van der Waals surface area contributed by atoms with E-state index in [4.69, 9.17) is 0 Å². The molecule has 1 heterocycles. The topological polar surface area (TPSA) is 14.2 Å². The van der Waals surface area contributed by atoms with Gasteiger partial charge in [0.25, 0.3) is 0 Å². The predicted octanol–water partition coefficient (Wildman–Crippen LogP) is 1.85. The highest BCUT2D eigenvalue weighted by Crippen LogP contribution is 2.31. The summed E-state index contributed by atoms with van der Waals surface area (Å²) in [6, 6.07) is 0.895. The second kappa shape index (κ2) is 2.93. The second-order valence-corrected chi connectivity index (χ2v) is 2.55. The molecule has 0 spiro atoms. The minimum atomic E-state index is -4.35. The molecule has 0 fully saturated rings. The summed E-state index contributed by atoms with van der Waals surface area (Å²) in [6.45, 7) is 0. The van der Waals surface area contributed by atoms with E-state index in [0.717, 1.165) is 17.0 Å². The van der Waals surface area contributed by atoms with E-state index in [0.29, 0.717) is 0 Å². The van der Waals surface area contributed by atoms with Gasteiger partial charge in [-0.25, -0.2) is 0 Å². The molecule has 0 aliphatic heterocycles. The number of aromatic nitrogens is 1. The Bertz CT molecular complexity index is 281. The molecule has 0 saturated heterocycles. The van der Waals surface area contributed by atoms with E-state index < -0.39 is 11.7 Å². The number of halogens is 3. The molecule has 0 N–H and O–H groups in total. The van der Waals surface area contributed by atoms with Gasteiger partial charge in [0.2, 0.25) is 0 Å². The lowest BCUT2D eigenvalue weighted by Crippen LogP contribution is -2.06. The van der Waals surface area contributed by atoms with Crippen LogP contribution in [-0.4, -0.2) is 11.8 Å². The van der Waals surface area contributed by atoms with Gasteiger partial charge in [-0.2, -0.15) is 17.9 Å². The van der Waals surface area contributed by atoms with E-state index in [-0.39, 0.29) is 5.03 Å². The summed E-state index contributed by atoms with van der Waals surface area (Å²) in [5.41, 5.74) is -0.769. The van der Waals surface area contributed by atoms with Gasteiger partial charge in [-0.15, -0.1) is 12.6 Å². The quantitative estimate of drug-likeness (QED) is 0.678. The van der Waals surface area contributed by atoms with Crippen molar-refractivity contribution in [3.63, 3.8) is 0 Å². The van der Waals surface area contributed by atoms with Crippen molar-refractivity contribution in [1.82, 2.24) is 4.73 Å². The zero-order valence-electron chi connectivity index (χ0n) is 6.09. The first-order valence-corrected chi connectivity index (χ1v) is 3.43. The molecule has 0 amide bonds. The Balaban J connectivity index is 3.05. The minimum absolute atomic E-state index is 0.116. The molecular weight excluding hydrogens is 191 g/mol. The van der Waals surface area contributed by atoms with Gasteiger partial charge in [-0.3, -0.25) is 0 Å². The molecule has 6 heteroatoms. The van der Waals surface area contributed by atoms with Crippen molar-refractivity contribution in [3.05, 3.63) is 17.8 Å². The van der Waals surface area contributed by atoms with Crippen LogP contribution in [-0.2, 0) is 6.18 Å². The lowest BCUT2D eigenvalue weighted by Gasteiger charge is -2.01. The third-order valence-corrected chi connectivity index (χ3v) is 1.62. The van der Waals surface area contributed by atoms with Crippen molar-refractivity contribution in [2.24, 2.45) is 0 Å². The molecule has 0 aliphatic rings. The Morgan fingerprint density at radius 2 is 2.08 bits per heavy atom. The molecule has 0 radical (unpaired) electrons. The Morgan fingerprint density at radius 1 is 1.50 bits per heavy atom. The van der Waals surface area contributed by atoms with Gasteiger partial charge in [0.05, 0.1) is 11.8 Å². The summed E-state index contributed by atoms with van der Waals surface area (Å²) in [5, 5.41) is 0.116.